The fraction of sp³-hybridized carbons (Fsp3) is 0.353. The van der Waals surface area contributed by atoms with Crippen molar-refractivity contribution in [2.75, 3.05) is 31.7 Å². The van der Waals surface area contributed by atoms with Crippen LogP contribution >= 0.6 is 24.0 Å². The number of methoxy groups -OCH3 is 1. The molecule has 1 aromatic carbocycles. The van der Waals surface area contributed by atoms with Crippen LogP contribution in [-0.4, -0.2) is 47.8 Å². The summed E-state index contributed by atoms with van der Waals surface area (Å²) >= 11 is 6.56. The molecule has 126 valence electrons. The topological polar surface area (TPSA) is 49.9 Å². The molecule has 1 aromatic rings. The van der Waals surface area contributed by atoms with Gasteiger partial charge in [0.15, 0.2) is 0 Å². The summed E-state index contributed by atoms with van der Waals surface area (Å²) in [6.45, 7) is 3.55. The molecule has 0 atom stereocenters. The molecule has 5 nitrogen and oxygen atoms in total. The van der Waals surface area contributed by atoms with Gasteiger partial charge in [0.2, 0.25) is 0 Å². The Morgan fingerprint density at radius 1 is 1.17 bits per heavy atom. The van der Waals surface area contributed by atoms with Gasteiger partial charge in [0, 0.05) is 32.4 Å². The Bertz CT molecular complexity index is 745. The molecule has 0 bridgehead atoms. The number of fused-ring (bicyclic) bond motifs is 1. The number of amides is 2. The molecule has 2 heterocycles. The molecule has 0 aliphatic carbocycles. The molecule has 0 radical (unpaired) electrons. The maximum Gasteiger partial charge on any atom is 0.267 e. The van der Waals surface area contributed by atoms with Gasteiger partial charge in [-0.15, -0.1) is 0 Å². The van der Waals surface area contributed by atoms with Gasteiger partial charge in [0.05, 0.1) is 16.2 Å². The Labute approximate surface area is 150 Å². The number of hydrogen-bond donors (Lipinski definition) is 0. The lowest BCUT2D eigenvalue weighted by molar-refractivity contribution is -0.122. The largest absolute Gasteiger partial charge is 0.385 e. The van der Waals surface area contributed by atoms with Gasteiger partial charge in [0.1, 0.15) is 4.32 Å². The number of anilines is 1. The van der Waals surface area contributed by atoms with E-state index in [0.717, 1.165) is 11.3 Å². The molecular weight excluding hydrogens is 344 g/mol. The average Bonchev–Trinajstić information content (AvgIpc) is 3.01. The van der Waals surface area contributed by atoms with E-state index in [1.807, 2.05) is 31.2 Å². The van der Waals surface area contributed by atoms with Crippen molar-refractivity contribution in [3.8, 4) is 0 Å². The molecule has 1 fully saturated rings. The number of carbonyl (C=O) groups excluding carboxylic acids is 2. The van der Waals surface area contributed by atoms with Crippen molar-refractivity contribution in [1.82, 2.24) is 4.90 Å². The van der Waals surface area contributed by atoms with Crippen LogP contribution in [0.15, 0.2) is 29.2 Å². The molecule has 24 heavy (non-hydrogen) atoms. The molecular formula is C17H18N2O3S2. The number of hydrogen-bond acceptors (Lipinski definition) is 5. The number of rotatable bonds is 5. The molecule has 0 unspecified atom stereocenters. The lowest BCUT2D eigenvalue weighted by Gasteiger charge is -2.14. The summed E-state index contributed by atoms with van der Waals surface area (Å²) in [7, 11) is 1.62. The van der Waals surface area contributed by atoms with Crippen molar-refractivity contribution in [3.05, 3.63) is 34.7 Å². The predicted molar refractivity (Wildman–Crippen MR) is 99.8 cm³/mol. The SMILES string of the molecule is CCN1C(=O)C(=C2SC(=S)N(CCCOC)C2=O)c2ccccc21. The summed E-state index contributed by atoms with van der Waals surface area (Å²) in [5.41, 5.74) is 2.13. The highest BCUT2D eigenvalue weighted by Gasteiger charge is 2.41. The summed E-state index contributed by atoms with van der Waals surface area (Å²) < 4.78 is 5.53. The first-order chi connectivity index (χ1) is 11.6. The summed E-state index contributed by atoms with van der Waals surface area (Å²) in [4.78, 5) is 29.3. The number of carbonyl (C=O) groups is 2. The number of benzene rings is 1. The minimum absolute atomic E-state index is 0.129. The highest BCUT2D eigenvalue weighted by Crippen LogP contribution is 2.44. The highest BCUT2D eigenvalue weighted by molar-refractivity contribution is 8.26. The first-order valence-corrected chi connectivity index (χ1v) is 9.00. The molecule has 0 aromatic heterocycles. The second kappa shape index (κ2) is 7.04. The zero-order valence-corrected chi connectivity index (χ0v) is 15.2. The standard InChI is InChI=1S/C17H18N2O3S2/c1-3-18-12-8-5-4-7-11(12)13(15(18)20)14-16(21)19(17(23)24-14)9-6-10-22-2/h4-5,7-8H,3,6,9-10H2,1-2H3. The van der Waals surface area contributed by atoms with Gasteiger partial charge < -0.3 is 9.64 Å². The van der Waals surface area contributed by atoms with E-state index in [0.29, 0.717) is 40.9 Å². The number of thioether (sulfide) groups is 1. The summed E-state index contributed by atoms with van der Waals surface area (Å²) in [5.74, 6) is -0.312. The van der Waals surface area contributed by atoms with Crippen LogP contribution in [0.4, 0.5) is 5.69 Å². The smallest absolute Gasteiger partial charge is 0.267 e. The molecule has 2 amide bonds. The third kappa shape index (κ3) is 2.76. The minimum Gasteiger partial charge on any atom is -0.385 e. The number of nitrogens with zero attached hydrogens (tertiary/aromatic N) is 2. The van der Waals surface area contributed by atoms with Crippen LogP contribution in [0.1, 0.15) is 18.9 Å². The van der Waals surface area contributed by atoms with Crippen LogP contribution in [0.5, 0.6) is 0 Å². The van der Waals surface area contributed by atoms with E-state index in [9.17, 15) is 9.59 Å². The summed E-state index contributed by atoms with van der Waals surface area (Å²) in [6.07, 6.45) is 0.706. The van der Waals surface area contributed by atoms with Gasteiger partial charge in [0.25, 0.3) is 11.8 Å². The zero-order valence-electron chi connectivity index (χ0n) is 13.6. The van der Waals surface area contributed by atoms with E-state index in [-0.39, 0.29) is 11.8 Å². The zero-order chi connectivity index (χ0) is 17.3. The van der Waals surface area contributed by atoms with Crippen molar-refractivity contribution in [3.63, 3.8) is 0 Å². The van der Waals surface area contributed by atoms with E-state index >= 15 is 0 Å². The van der Waals surface area contributed by atoms with Gasteiger partial charge in [-0.2, -0.15) is 0 Å². The van der Waals surface area contributed by atoms with Crippen molar-refractivity contribution in [2.45, 2.75) is 13.3 Å². The molecule has 0 saturated carbocycles. The first kappa shape index (κ1) is 17.1. The van der Waals surface area contributed by atoms with Gasteiger partial charge in [-0.3, -0.25) is 14.5 Å². The molecule has 3 rings (SSSR count). The van der Waals surface area contributed by atoms with Crippen LogP contribution in [0.2, 0.25) is 0 Å². The van der Waals surface area contributed by atoms with Crippen LogP contribution in [0.3, 0.4) is 0 Å². The first-order valence-electron chi connectivity index (χ1n) is 7.78. The second-order valence-electron chi connectivity index (χ2n) is 5.44. The number of likely N-dealkylation sites (N-methyl/N-ethyl adjacent to an activating group) is 1. The fourth-order valence-corrected chi connectivity index (χ4v) is 4.30. The van der Waals surface area contributed by atoms with Gasteiger partial charge in [-0.05, 0) is 19.4 Å². The summed E-state index contributed by atoms with van der Waals surface area (Å²) in [5, 5.41) is 0. The molecule has 0 N–H and O–H groups in total. The maximum absolute atomic E-state index is 12.8. The van der Waals surface area contributed by atoms with Crippen LogP contribution in [-0.2, 0) is 14.3 Å². The Morgan fingerprint density at radius 3 is 2.62 bits per heavy atom. The van der Waals surface area contributed by atoms with Crippen molar-refractivity contribution in [2.24, 2.45) is 0 Å². The average molecular weight is 362 g/mol. The summed E-state index contributed by atoms with van der Waals surface area (Å²) in [6, 6.07) is 7.57. The van der Waals surface area contributed by atoms with Crippen molar-refractivity contribution < 1.29 is 14.3 Å². The van der Waals surface area contributed by atoms with E-state index < -0.39 is 0 Å². The van der Waals surface area contributed by atoms with Crippen LogP contribution in [0, 0.1) is 0 Å². The lowest BCUT2D eigenvalue weighted by Crippen LogP contribution is -2.30. The third-order valence-corrected chi connectivity index (χ3v) is 5.49. The van der Waals surface area contributed by atoms with Gasteiger partial charge in [-0.25, -0.2) is 0 Å². The predicted octanol–water partition coefficient (Wildman–Crippen LogP) is 2.66. The van der Waals surface area contributed by atoms with E-state index in [1.165, 1.54) is 11.8 Å². The van der Waals surface area contributed by atoms with Gasteiger partial charge >= 0.3 is 0 Å². The molecule has 2 aliphatic rings. The van der Waals surface area contributed by atoms with Crippen molar-refractivity contribution >= 4 is 51.4 Å². The Hall–Kier alpha value is -1.70. The van der Waals surface area contributed by atoms with E-state index in [2.05, 4.69) is 0 Å². The highest BCUT2D eigenvalue weighted by atomic mass is 32.2. The Kier molecular flexibility index (Phi) is 5.03. The van der Waals surface area contributed by atoms with E-state index in [1.54, 1.807) is 16.9 Å². The van der Waals surface area contributed by atoms with Gasteiger partial charge in [-0.1, -0.05) is 42.2 Å². The van der Waals surface area contributed by atoms with Crippen LogP contribution in [0.25, 0.3) is 5.57 Å². The van der Waals surface area contributed by atoms with Crippen molar-refractivity contribution in [1.29, 1.82) is 0 Å². The normalized spacial score (nSPS) is 20.3. The maximum atomic E-state index is 12.8. The van der Waals surface area contributed by atoms with Crippen LogP contribution < -0.4 is 4.90 Å². The Morgan fingerprint density at radius 2 is 1.92 bits per heavy atom. The lowest BCUT2D eigenvalue weighted by atomic mass is 10.1. The monoisotopic (exact) mass is 362 g/mol. The fourth-order valence-electron chi connectivity index (χ4n) is 2.92. The minimum atomic E-state index is -0.183. The third-order valence-electron chi connectivity index (χ3n) is 4.05. The molecule has 0 spiro atoms. The Balaban J connectivity index is 1.99. The quantitative estimate of drug-likeness (QED) is 0.458. The second-order valence-corrected chi connectivity index (χ2v) is 7.09. The number of para-hydroxylation sites is 1. The molecule has 1 saturated heterocycles. The number of ether oxygens (including phenoxy) is 1. The van der Waals surface area contributed by atoms with E-state index in [4.69, 9.17) is 17.0 Å². The molecule has 7 heteroatoms. The molecule has 2 aliphatic heterocycles. The number of thiocarbonyl (C=S) groups is 1.